The molecule has 0 aromatic rings. The molecule has 0 aliphatic rings. The molecule has 0 saturated heterocycles. The molecule has 0 atom stereocenters. The van der Waals surface area contributed by atoms with E-state index in [1.165, 1.54) is 0 Å². The lowest BCUT2D eigenvalue weighted by Gasteiger charge is -2.02. The Balaban J connectivity index is 3.03. The normalized spacial score (nSPS) is 9.83. The Bertz CT molecular complexity index is 120. The van der Waals surface area contributed by atoms with E-state index < -0.39 is 0 Å². The van der Waals surface area contributed by atoms with Crippen LogP contribution in [0.2, 0.25) is 0 Å². The predicted octanol–water partition coefficient (Wildman–Crippen LogP) is 0.889. The minimum absolute atomic E-state index is 0.203. The van der Waals surface area contributed by atoms with Crippen molar-refractivity contribution in [3.63, 3.8) is 0 Å². The zero-order valence-corrected chi connectivity index (χ0v) is 7.44. The number of carbonyl (C=O) groups is 1. The minimum Gasteiger partial charge on any atom is -0.466 e. The van der Waals surface area contributed by atoms with Gasteiger partial charge in [0.2, 0.25) is 0 Å². The van der Waals surface area contributed by atoms with E-state index in [0.29, 0.717) is 32.5 Å². The summed E-state index contributed by atoms with van der Waals surface area (Å²) in [6, 6.07) is 0. The molecule has 0 amide bonds. The van der Waals surface area contributed by atoms with Crippen LogP contribution in [0.1, 0.15) is 19.8 Å². The van der Waals surface area contributed by atoms with Gasteiger partial charge >= 0.3 is 5.97 Å². The maximum atomic E-state index is 11.6. The molecule has 0 unspecified atom stereocenters. The van der Waals surface area contributed by atoms with E-state index in [9.17, 15) is 9.18 Å². The van der Waals surface area contributed by atoms with Gasteiger partial charge in [-0.3, -0.25) is 9.18 Å². The average Bonchev–Trinajstić information content (AvgIpc) is 2.05. The Morgan fingerprint density at radius 1 is 1.50 bits per heavy atom. The van der Waals surface area contributed by atoms with Crippen molar-refractivity contribution in [3.05, 3.63) is 0 Å². The molecule has 12 heavy (non-hydrogen) atoms. The average molecular weight is 177 g/mol. The number of rotatable bonds is 7. The topological polar surface area (TPSA) is 38.3 Å². The summed E-state index contributed by atoms with van der Waals surface area (Å²) in [7, 11) is 0. The third-order valence-corrected chi connectivity index (χ3v) is 1.30. The molecule has 0 aromatic heterocycles. The molecule has 3 nitrogen and oxygen atoms in total. The Morgan fingerprint density at radius 3 is 2.83 bits per heavy atom. The SMILES string of the molecule is CCOC(=O)CCNCCCF. The number of hydrogen-bond acceptors (Lipinski definition) is 3. The smallest absolute Gasteiger partial charge is 0.307 e. The molecular formula is C8H16FNO2. The van der Waals surface area contributed by atoms with Crippen molar-refractivity contribution in [2.75, 3.05) is 26.4 Å². The summed E-state index contributed by atoms with van der Waals surface area (Å²) in [6.07, 6.45) is 0.864. The van der Waals surface area contributed by atoms with Gasteiger partial charge in [0.15, 0.2) is 0 Å². The van der Waals surface area contributed by atoms with Crippen LogP contribution in [0.25, 0.3) is 0 Å². The first-order valence-electron chi connectivity index (χ1n) is 4.23. The van der Waals surface area contributed by atoms with E-state index in [1.807, 2.05) is 0 Å². The van der Waals surface area contributed by atoms with Gasteiger partial charge in [0, 0.05) is 6.54 Å². The lowest BCUT2D eigenvalue weighted by Crippen LogP contribution is -2.20. The second-order valence-electron chi connectivity index (χ2n) is 2.35. The minimum atomic E-state index is -0.313. The van der Waals surface area contributed by atoms with E-state index in [2.05, 4.69) is 5.32 Å². The summed E-state index contributed by atoms with van der Waals surface area (Å²) in [5.74, 6) is -0.203. The van der Waals surface area contributed by atoms with Gasteiger partial charge in [0.1, 0.15) is 0 Å². The standard InChI is InChI=1S/C8H16FNO2/c1-2-12-8(11)4-7-10-6-3-5-9/h10H,2-7H2,1H3. The van der Waals surface area contributed by atoms with Gasteiger partial charge in [-0.25, -0.2) is 0 Å². The van der Waals surface area contributed by atoms with Gasteiger partial charge in [-0.1, -0.05) is 0 Å². The van der Waals surface area contributed by atoms with Gasteiger partial charge in [0.25, 0.3) is 0 Å². The van der Waals surface area contributed by atoms with Crippen LogP contribution in [0.3, 0.4) is 0 Å². The van der Waals surface area contributed by atoms with Gasteiger partial charge in [-0.2, -0.15) is 0 Å². The van der Waals surface area contributed by atoms with Crippen molar-refractivity contribution < 1.29 is 13.9 Å². The van der Waals surface area contributed by atoms with E-state index >= 15 is 0 Å². The van der Waals surface area contributed by atoms with E-state index in [-0.39, 0.29) is 12.6 Å². The van der Waals surface area contributed by atoms with Crippen molar-refractivity contribution >= 4 is 5.97 Å². The Morgan fingerprint density at radius 2 is 2.25 bits per heavy atom. The van der Waals surface area contributed by atoms with Gasteiger partial charge in [-0.15, -0.1) is 0 Å². The number of nitrogens with one attached hydrogen (secondary N) is 1. The van der Waals surface area contributed by atoms with Crippen LogP contribution in [0.5, 0.6) is 0 Å². The summed E-state index contributed by atoms with van der Waals surface area (Å²) in [5, 5.41) is 2.93. The van der Waals surface area contributed by atoms with E-state index in [4.69, 9.17) is 4.74 Å². The zero-order valence-electron chi connectivity index (χ0n) is 7.44. The Labute approximate surface area is 72.3 Å². The Kier molecular flexibility index (Phi) is 8.01. The van der Waals surface area contributed by atoms with Crippen molar-refractivity contribution in [1.29, 1.82) is 0 Å². The van der Waals surface area contributed by atoms with Crippen LogP contribution in [-0.4, -0.2) is 32.3 Å². The quantitative estimate of drug-likeness (QED) is 0.463. The molecular weight excluding hydrogens is 161 g/mol. The second kappa shape index (κ2) is 8.46. The summed E-state index contributed by atoms with van der Waals surface area (Å²) < 4.78 is 16.3. The number of hydrogen-bond donors (Lipinski definition) is 1. The highest BCUT2D eigenvalue weighted by Gasteiger charge is 1.99. The van der Waals surface area contributed by atoms with Crippen LogP contribution < -0.4 is 5.32 Å². The monoisotopic (exact) mass is 177 g/mol. The second-order valence-corrected chi connectivity index (χ2v) is 2.35. The molecule has 0 heterocycles. The molecule has 0 radical (unpaired) electrons. The summed E-state index contributed by atoms with van der Waals surface area (Å²) >= 11 is 0. The van der Waals surface area contributed by atoms with Crippen molar-refractivity contribution in [2.45, 2.75) is 19.8 Å². The summed E-state index contributed by atoms with van der Waals surface area (Å²) in [4.78, 5) is 10.7. The van der Waals surface area contributed by atoms with Gasteiger partial charge < -0.3 is 10.1 Å². The lowest BCUT2D eigenvalue weighted by atomic mass is 10.4. The van der Waals surface area contributed by atoms with Crippen LogP contribution in [-0.2, 0) is 9.53 Å². The van der Waals surface area contributed by atoms with Gasteiger partial charge in [0.05, 0.1) is 19.7 Å². The number of halogens is 1. The molecule has 0 aliphatic heterocycles. The third-order valence-electron chi connectivity index (χ3n) is 1.30. The maximum absolute atomic E-state index is 11.6. The highest BCUT2D eigenvalue weighted by molar-refractivity contribution is 5.69. The first-order valence-corrected chi connectivity index (χ1v) is 4.23. The molecule has 0 rings (SSSR count). The van der Waals surface area contributed by atoms with Crippen LogP contribution in [0, 0.1) is 0 Å². The van der Waals surface area contributed by atoms with E-state index in [1.54, 1.807) is 6.92 Å². The van der Waals surface area contributed by atoms with Gasteiger partial charge in [-0.05, 0) is 19.9 Å². The number of esters is 1. The fourth-order valence-electron chi connectivity index (χ4n) is 0.740. The molecule has 0 fully saturated rings. The molecule has 0 aliphatic carbocycles. The number of alkyl halides is 1. The van der Waals surface area contributed by atoms with Crippen LogP contribution in [0.15, 0.2) is 0 Å². The highest BCUT2D eigenvalue weighted by Crippen LogP contribution is 1.84. The molecule has 4 heteroatoms. The fourth-order valence-corrected chi connectivity index (χ4v) is 0.740. The largest absolute Gasteiger partial charge is 0.466 e. The van der Waals surface area contributed by atoms with Crippen molar-refractivity contribution in [2.24, 2.45) is 0 Å². The van der Waals surface area contributed by atoms with E-state index in [0.717, 1.165) is 0 Å². The molecule has 72 valence electrons. The molecule has 0 saturated carbocycles. The summed E-state index contributed by atoms with van der Waals surface area (Å²) in [6.45, 7) is 3.07. The van der Waals surface area contributed by atoms with Crippen LogP contribution in [0.4, 0.5) is 4.39 Å². The number of carbonyl (C=O) groups excluding carboxylic acids is 1. The maximum Gasteiger partial charge on any atom is 0.307 e. The highest BCUT2D eigenvalue weighted by atomic mass is 19.1. The number of ether oxygens (including phenoxy) is 1. The molecule has 0 aromatic carbocycles. The first kappa shape index (κ1) is 11.4. The van der Waals surface area contributed by atoms with Crippen molar-refractivity contribution in [3.8, 4) is 0 Å². The molecule has 1 N–H and O–H groups in total. The lowest BCUT2D eigenvalue weighted by molar-refractivity contribution is -0.142. The third kappa shape index (κ3) is 7.47. The van der Waals surface area contributed by atoms with Crippen LogP contribution >= 0.6 is 0 Å². The fraction of sp³-hybridized carbons (Fsp3) is 0.875. The van der Waals surface area contributed by atoms with Crippen molar-refractivity contribution in [1.82, 2.24) is 5.32 Å². The first-order chi connectivity index (χ1) is 5.81. The molecule has 0 bridgehead atoms. The zero-order chi connectivity index (χ0) is 9.23. The Hall–Kier alpha value is -0.640. The predicted molar refractivity (Wildman–Crippen MR) is 44.7 cm³/mol. The summed E-state index contributed by atoms with van der Waals surface area (Å²) in [5.41, 5.74) is 0. The molecule has 0 spiro atoms.